The number of amides is 2. The summed E-state index contributed by atoms with van der Waals surface area (Å²) in [6, 6.07) is 24.0. The number of sulfonamides is 1. The van der Waals surface area contributed by atoms with Crippen LogP contribution in [0.5, 0.6) is 5.75 Å². The fourth-order valence-electron chi connectivity index (χ4n) is 4.93. The van der Waals surface area contributed by atoms with E-state index in [1.165, 1.54) is 28.4 Å². The maximum Gasteiger partial charge on any atom is 0.411 e. The van der Waals surface area contributed by atoms with Crippen molar-refractivity contribution in [3.05, 3.63) is 96.1 Å². The Hall–Kier alpha value is -3.93. The van der Waals surface area contributed by atoms with Crippen molar-refractivity contribution in [1.82, 2.24) is 14.5 Å². The number of aliphatic hydroxyl groups excluding tert-OH is 1. The molecule has 0 bridgehead atoms. The van der Waals surface area contributed by atoms with Crippen molar-refractivity contribution in [1.29, 1.82) is 0 Å². The lowest BCUT2D eigenvalue weighted by atomic mass is 10.0. The van der Waals surface area contributed by atoms with E-state index in [1.54, 1.807) is 12.1 Å². The number of ether oxygens (including phenoxy) is 2. The van der Waals surface area contributed by atoms with Crippen LogP contribution in [0.3, 0.4) is 0 Å². The number of carbonyl (C=O) groups is 2. The molecule has 43 heavy (non-hydrogen) atoms. The highest BCUT2D eigenvalue weighted by Gasteiger charge is 2.38. The van der Waals surface area contributed by atoms with Crippen LogP contribution in [0.15, 0.2) is 89.8 Å². The molecule has 0 saturated carbocycles. The van der Waals surface area contributed by atoms with Crippen LogP contribution in [0.25, 0.3) is 0 Å². The topological polar surface area (TPSA) is 125 Å². The Kier molecular flexibility index (Phi) is 10.8. The summed E-state index contributed by atoms with van der Waals surface area (Å²) in [4.78, 5) is 27.4. The van der Waals surface area contributed by atoms with Crippen LogP contribution >= 0.6 is 0 Å². The van der Waals surface area contributed by atoms with Gasteiger partial charge in [0.1, 0.15) is 5.75 Å². The number of methoxy groups -OCH3 is 1. The average molecular weight is 610 g/mol. The molecule has 3 atom stereocenters. The number of nitrogens with one attached hydrogen (secondary N) is 1. The number of nitrogens with zero attached hydrogens (tertiary/aromatic N) is 2. The third-order valence-electron chi connectivity index (χ3n) is 7.13. The molecule has 3 aromatic rings. The van der Waals surface area contributed by atoms with Crippen molar-refractivity contribution in [2.24, 2.45) is 5.92 Å². The second-order valence-electron chi connectivity index (χ2n) is 11.0. The first-order valence-electron chi connectivity index (χ1n) is 14.2. The molecule has 2 N–H and O–H groups in total. The Bertz CT molecular complexity index is 1470. The molecule has 1 saturated heterocycles. The lowest BCUT2D eigenvalue weighted by Gasteiger charge is -2.31. The van der Waals surface area contributed by atoms with Gasteiger partial charge in [-0.15, -0.1) is 0 Å². The van der Waals surface area contributed by atoms with E-state index in [2.05, 4.69) is 5.32 Å². The van der Waals surface area contributed by atoms with Gasteiger partial charge in [-0.2, -0.15) is 4.31 Å². The number of aliphatic hydroxyl groups is 1. The minimum Gasteiger partial charge on any atom is -0.497 e. The van der Waals surface area contributed by atoms with Gasteiger partial charge < -0.3 is 19.9 Å². The quantitative estimate of drug-likeness (QED) is 0.287. The SMILES string of the molecule is COc1cccc(S(=O)(=O)N(CC(C)C)CC(O)C(Cc2ccccc2)NC(=O)C2CN(Cc3ccccc3)C(=O)O2)c1. The maximum absolute atomic E-state index is 13.7. The van der Waals surface area contributed by atoms with Gasteiger partial charge in [0, 0.05) is 25.7 Å². The molecule has 1 fully saturated rings. The first kappa shape index (κ1) is 32.0. The van der Waals surface area contributed by atoms with Gasteiger partial charge in [-0.1, -0.05) is 80.6 Å². The number of benzene rings is 3. The molecule has 1 aliphatic rings. The first-order valence-corrected chi connectivity index (χ1v) is 15.7. The third-order valence-corrected chi connectivity index (χ3v) is 8.95. The fraction of sp³-hybridized carbons (Fsp3) is 0.375. The van der Waals surface area contributed by atoms with E-state index in [1.807, 2.05) is 74.5 Å². The predicted molar refractivity (Wildman–Crippen MR) is 162 cm³/mol. The highest BCUT2D eigenvalue weighted by Crippen LogP contribution is 2.23. The van der Waals surface area contributed by atoms with Crippen LogP contribution in [0.2, 0.25) is 0 Å². The molecular weight excluding hydrogens is 570 g/mol. The lowest BCUT2D eigenvalue weighted by molar-refractivity contribution is -0.129. The standard InChI is InChI=1S/C32H39N3O7S/c1-23(2)19-35(43(39,40)27-16-10-15-26(18-27)41-3)21-29(36)28(17-24-11-6-4-7-12-24)33-31(37)30-22-34(32(38)42-30)20-25-13-8-5-9-14-25/h4-16,18,23,28-30,36H,17,19-22H2,1-3H3,(H,33,37). The fourth-order valence-corrected chi connectivity index (χ4v) is 6.59. The highest BCUT2D eigenvalue weighted by molar-refractivity contribution is 7.89. The third kappa shape index (κ3) is 8.56. The summed E-state index contributed by atoms with van der Waals surface area (Å²) in [5.74, 6) is -0.203. The van der Waals surface area contributed by atoms with Gasteiger partial charge in [-0.25, -0.2) is 13.2 Å². The Morgan fingerprint density at radius 3 is 2.30 bits per heavy atom. The zero-order valence-electron chi connectivity index (χ0n) is 24.6. The van der Waals surface area contributed by atoms with Crippen LogP contribution in [-0.2, 0) is 32.5 Å². The van der Waals surface area contributed by atoms with Gasteiger partial charge in [-0.05, 0) is 35.6 Å². The average Bonchev–Trinajstić information content (AvgIpc) is 3.37. The monoisotopic (exact) mass is 609 g/mol. The molecule has 230 valence electrons. The van der Waals surface area contributed by atoms with Crippen LogP contribution in [0.4, 0.5) is 4.79 Å². The van der Waals surface area contributed by atoms with E-state index >= 15 is 0 Å². The molecule has 0 spiro atoms. The van der Waals surface area contributed by atoms with Crippen molar-refractivity contribution in [3.8, 4) is 5.75 Å². The number of cyclic esters (lactones) is 1. The highest BCUT2D eigenvalue weighted by atomic mass is 32.2. The summed E-state index contributed by atoms with van der Waals surface area (Å²) in [6.45, 7) is 4.01. The number of carbonyl (C=O) groups excluding carboxylic acids is 2. The van der Waals surface area contributed by atoms with Crippen molar-refractivity contribution in [3.63, 3.8) is 0 Å². The van der Waals surface area contributed by atoms with Crippen LogP contribution in [0, 0.1) is 5.92 Å². The summed E-state index contributed by atoms with van der Waals surface area (Å²) in [5, 5.41) is 14.3. The summed E-state index contributed by atoms with van der Waals surface area (Å²) in [6.07, 6.45) is -2.72. The molecule has 2 amide bonds. The lowest BCUT2D eigenvalue weighted by Crippen LogP contribution is -2.53. The maximum atomic E-state index is 13.7. The molecule has 11 heteroatoms. The summed E-state index contributed by atoms with van der Waals surface area (Å²) >= 11 is 0. The second kappa shape index (κ2) is 14.5. The molecule has 3 unspecified atom stereocenters. The largest absolute Gasteiger partial charge is 0.497 e. The summed E-state index contributed by atoms with van der Waals surface area (Å²) < 4.78 is 39.3. The van der Waals surface area contributed by atoms with Gasteiger partial charge in [0.2, 0.25) is 10.0 Å². The molecule has 4 rings (SSSR count). The number of hydrogen-bond acceptors (Lipinski definition) is 7. The molecule has 1 heterocycles. The van der Waals surface area contributed by atoms with Gasteiger partial charge in [0.05, 0.1) is 30.7 Å². The molecule has 0 radical (unpaired) electrons. The minimum absolute atomic E-state index is 0.0387. The Morgan fingerprint density at radius 1 is 1.02 bits per heavy atom. The molecule has 0 aromatic heterocycles. The molecule has 10 nitrogen and oxygen atoms in total. The Labute approximate surface area is 253 Å². The zero-order chi connectivity index (χ0) is 31.0. The predicted octanol–water partition coefficient (Wildman–Crippen LogP) is 3.45. The van der Waals surface area contributed by atoms with Crippen LogP contribution < -0.4 is 10.1 Å². The van der Waals surface area contributed by atoms with Gasteiger partial charge in [-0.3, -0.25) is 9.69 Å². The normalized spacial score (nSPS) is 16.7. The Balaban J connectivity index is 1.53. The minimum atomic E-state index is -4.01. The van der Waals surface area contributed by atoms with Crippen molar-refractivity contribution in [2.45, 2.75) is 50.0 Å². The van der Waals surface area contributed by atoms with E-state index in [0.717, 1.165) is 11.1 Å². The van der Waals surface area contributed by atoms with Crippen molar-refractivity contribution in [2.75, 3.05) is 26.7 Å². The molecule has 1 aliphatic heterocycles. The molecule has 3 aromatic carbocycles. The van der Waals surface area contributed by atoms with Crippen LogP contribution in [0.1, 0.15) is 25.0 Å². The first-order chi connectivity index (χ1) is 20.6. The van der Waals surface area contributed by atoms with E-state index < -0.39 is 40.3 Å². The molecule has 0 aliphatic carbocycles. The number of rotatable bonds is 14. The van der Waals surface area contributed by atoms with Crippen molar-refractivity contribution < 1.29 is 32.6 Å². The van der Waals surface area contributed by atoms with Crippen LogP contribution in [-0.4, -0.2) is 79.7 Å². The zero-order valence-corrected chi connectivity index (χ0v) is 25.4. The van der Waals surface area contributed by atoms with E-state index in [4.69, 9.17) is 9.47 Å². The van der Waals surface area contributed by atoms with Gasteiger partial charge in [0.25, 0.3) is 5.91 Å². The van der Waals surface area contributed by atoms with Gasteiger partial charge >= 0.3 is 6.09 Å². The second-order valence-corrected chi connectivity index (χ2v) is 12.9. The molecular formula is C32H39N3O7S. The Morgan fingerprint density at radius 2 is 1.67 bits per heavy atom. The smallest absolute Gasteiger partial charge is 0.411 e. The summed E-state index contributed by atoms with van der Waals surface area (Å²) in [5.41, 5.74) is 1.74. The van der Waals surface area contributed by atoms with Crippen molar-refractivity contribution >= 4 is 22.0 Å². The van der Waals surface area contributed by atoms with E-state index in [9.17, 15) is 23.1 Å². The van der Waals surface area contributed by atoms with E-state index in [-0.39, 0.29) is 36.9 Å². The van der Waals surface area contributed by atoms with E-state index in [0.29, 0.717) is 12.3 Å². The summed E-state index contributed by atoms with van der Waals surface area (Å²) in [7, 11) is -2.55. The van der Waals surface area contributed by atoms with Gasteiger partial charge in [0.15, 0.2) is 6.10 Å². The number of hydrogen-bond donors (Lipinski definition) is 2.